The number of nitrogens with one attached hydrogen (secondary N) is 1. The molecule has 1 aliphatic rings. The van der Waals surface area contributed by atoms with E-state index in [4.69, 9.17) is 10.00 Å². The van der Waals surface area contributed by atoms with Gasteiger partial charge in [0.1, 0.15) is 6.07 Å². The van der Waals surface area contributed by atoms with Crippen molar-refractivity contribution in [1.29, 1.82) is 5.26 Å². The van der Waals surface area contributed by atoms with E-state index in [0.29, 0.717) is 37.6 Å². The van der Waals surface area contributed by atoms with Crippen LogP contribution in [0.1, 0.15) is 11.1 Å². The van der Waals surface area contributed by atoms with Crippen molar-refractivity contribution in [3.63, 3.8) is 0 Å². The van der Waals surface area contributed by atoms with E-state index < -0.39 is 10.2 Å². The lowest BCUT2D eigenvalue weighted by molar-refractivity contribution is 0.0733. The van der Waals surface area contributed by atoms with Gasteiger partial charge in [-0.15, -0.1) is 0 Å². The van der Waals surface area contributed by atoms with Crippen molar-refractivity contribution in [2.24, 2.45) is 0 Å². The molecule has 0 saturated carbocycles. The maximum absolute atomic E-state index is 12.2. The Labute approximate surface area is 112 Å². The summed E-state index contributed by atoms with van der Waals surface area (Å²) in [4.78, 5) is 0. The smallest absolute Gasteiger partial charge is 0.301 e. The average molecular weight is 281 g/mol. The zero-order valence-electron chi connectivity index (χ0n) is 10.6. The van der Waals surface area contributed by atoms with Crippen molar-refractivity contribution in [2.45, 2.75) is 6.92 Å². The van der Waals surface area contributed by atoms with E-state index in [-0.39, 0.29) is 0 Å². The number of aryl methyl sites for hydroxylation is 1. The van der Waals surface area contributed by atoms with Crippen molar-refractivity contribution < 1.29 is 13.2 Å². The van der Waals surface area contributed by atoms with Gasteiger partial charge in [-0.05, 0) is 18.6 Å². The average Bonchev–Trinajstić information content (AvgIpc) is 2.40. The second-order valence-corrected chi connectivity index (χ2v) is 5.90. The summed E-state index contributed by atoms with van der Waals surface area (Å²) in [5.74, 6) is 0. The molecule has 1 saturated heterocycles. The van der Waals surface area contributed by atoms with Crippen molar-refractivity contribution in [3.05, 3.63) is 29.3 Å². The first-order valence-corrected chi connectivity index (χ1v) is 7.34. The van der Waals surface area contributed by atoms with Crippen LogP contribution in [0.25, 0.3) is 0 Å². The van der Waals surface area contributed by atoms with E-state index in [1.165, 1.54) is 4.31 Å². The third-order valence-corrected chi connectivity index (χ3v) is 4.46. The van der Waals surface area contributed by atoms with Gasteiger partial charge in [-0.1, -0.05) is 12.1 Å². The van der Waals surface area contributed by atoms with Gasteiger partial charge in [0.15, 0.2) is 0 Å². The quantitative estimate of drug-likeness (QED) is 0.890. The molecule has 1 heterocycles. The topological polar surface area (TPSA) is 82.4 Å². The largest absolute Gasteiger partial charge is 0.379 e. The van der Waals surface area contributed by atoms with Crippen LogP contribution >= 0.6 is 0 Å². The molecule has 0 radical (unpaired) electrons. The van der Waals surface area contributed by atoms with Crippen LogP contribution in [0, 0.1) is 18.3 Å². The highest BCUT2D eigenvalue weighted by Gasteiger charge is 2.25. The molecule has 102 valence electrons. The Balaban J connectivity index is 2.25. The van der Waals surface area contributed by atoms with Crippen LogP contribution < -0.4 is 4.72 Å². The molecule has 0 aromatic heterocycles. The first-order valence-electron chi connectivity index (χ1n) is 5.90. The van der Waals surface area contributed by atoms with Crippen LogP contribution in [0.5, 0.6) is 0 Å². The summed E-state index contributed by atoms with van der Waals surface area (Å²) in [6, 6.07) is 7.09. The summed E-state index contributed by atoms with van der Waals surface area (Å²) in [6.07, 6.45) is 0. The molecule has 1 aromatic carbocycles. The molecule has 0 unspecified atom stereocenters. The maximum atomic E-state index is 12.2. The monoisotopic (exact) mass is 281 g/mol. The lowest BCUT2D eigenvalue weighted by Gasteiger charge is -2.26. The van der Waals surface area contributed by atoms with E-state index in [1.54, 1.807) is 25.1 Å². The number of benzene rings is 1. The molecule has 1 aromatic rings. The van der Waals surface area contributed by atoms with Crippen LogP contribution in [0.15, 0.2) is 18.2 Å². The van der Waals surface area contributed by atoms with E-state index in [1.807, 2.05) is 6.07 Å². The van der Waals surface area contributed by atoms with Crippen LogP contribution in [0.3, 0.4) is 0 Å². The number of nitriles is 1. The summed E-state index contributed by atoms with van der Waals surface area (Å²) in [6.45, 7) is 3.19. The van der Waals surface area contributed by atoms with Crippen LogP contribution in [0.4, 0.5) is 5.69 Å². The van der Waals surface area contributed by atoms with E-state index in [0.717, 1.165) is 5.56 Å². The zero-order chi connectivity index (χ0) is 13.9. The minimum atomic E-state index is -3.63. The molecule has 0 spiro atoms. The Hall–Kier alpha value is -1.62. The minimum absolute atomic E-state index is 0.314. The summed E-state index contributed by atoms with van der Waals surface area (Å²) >= 11 is 0. The molecule has 7 heteroatoms. The zero-order valence-corrected chi connectivity index (χ0v) is 11.4. The summed E-state index contributed by atoms with van der Waals surface area (Å²) in [7, 11) is -3.63. The molecule has 0 aliphatic carbocycles. The van der Waals surface area contributed by atoms with Crippen molar-refractivity contribution in [3.8, 4) is 6.07 Å². The fourth-order valence-electron chi connectivity index (χ4n) is 1.89. The number of hydrogen-bond acceptors (Lipinski definition) is 4. The Morgan fingerprint density at radius 1 is 1.37 bits per heavy atom. The molecule has 6 nitrogen and oxygen atoms in total. The van der Waals surface area contributed by atoms with Crippen LogP contribution in [-0.2, 0) is 14.9 Å². The van der Waals surface area contributed by atoms with Gasteiger partial charge in [-0.25, -0.2) is 0 Å². The molecular formula is C12H15N3O3S. The second kappa shape index (κ2) is 5.57. The first-order chi connectivity index (χ1) is 9.04. The predicted molar refractivity (Wildman–Crippen MR) is 70.8 cm³/mol. The number of ether oxygens (including phenoxy) is 1. The second-order valence-electron chi connectivity index (χ2n) is 4.23. The fraction of sp³-hybridized carbons (Fsp3) is 0.417. The van der Waals surface area contributed by atoms with Crippen LogP contribution in [0.2, 0.25) is 0 Å². The van der Waals surface area contributed by atoms with Gasteiger partial charge in [-0.2, -0.15) is 18.0 Å². The van der Waals surface area contributed by atoms with Crippen molar-refractivity contribution in [1.82, 2.24) is 4.31 Å². The summed E-state index contributed by atoms with van der Waals surface area (Å²) < 4.78 is 33.3. The number of morpholine rings is 1. The molecule has 1 fully saturated rings. The number of rotatable bonds is 3. The van der Waals surface area contributed by atoms with Gasteiger partial charge in [0.2, 0.25) is 0 Å². The van der Waals surface area contributed by atoms with E-state index >= 15 is 0 Å². The lowest BCUT2D eigenvalue weighted by Crippen LogP contribution is -2.43. The molecule has 0 amide bonds. The lowest BCUT2D eigenvalue weighted by atomic mass is 10.1. The summed E-state index contributed by atoms with van der Waals surface area (Å²) in [5.41, 5.74) is 1.40. The Bertz CT molecular complexity index is 601. The third-order valence-electron chi connectivity index (χ3n) is 2.93. The van der Waals surface area contributed by atoms with Gasteiger partial charge in [0, 0.05) is 13.1 Å². The number of nitrogens with zero attached hydrogens (tertiary/aromatic N) is 2. The molecule has 1 aliphatic heterocycles. The van der Waals surface area contributed by atoms with Gasteiger partial charge in [0.05, 0.1) is 24.5 Å². The summed E-state index contributed by atoms with van der Waals surface area (Å²) in [5, 5.41) is 9.09. The molecule has 1 N–H and O–H groups in total. The maximum Gasteiger partial charge on any atom is 0.301 e. The highest BCUT2D eigenvalue weighted by molar-refractivity contribution is 7.90. The molecule has 0 atom stereocenters. The Morgan fingerprint density at radius 3 is 2.68 bits per heavy atom. The molecule has 19 heavy (non-hydrogen) atoms. The molecule has 0 bridgehead atoms. The number of hydrogen-bond donors (Lipinski definition) is 1. The van der Waals surface area contributed by atoms with Crippen LogP contribution in [-0.4, -0.2) is 39.0 Å². The standard InChI is InChI=1S/C12H15N3O3S/c1-10-3-2-4-12(11(10)9-13)14-19(16,17)15-5-7-18-8-6-15/h2-4,14H,5-8H2,1H3. The normalized spacial score (nSPS) is 16.8. The molecule has 2 rings (SSSR count). The van der Waals surface area contributed by atoms with Gasteiger partial charge in [0.25, 0.3) is 0 Å². The highest BCUT2D eigenvalue weighted by Crippen LogP contribution is 2.20. The fourth-order valence-corrected chi connectivity index (χ4v) is 3.10. The van der Waals surface area contributed by atoms with Gasteiger partial charge >= 0.3 is 10.2 Å². The third kappa shape index (κ3) is 3.04. The van der Waals surface area contributed by atoms with Crippen molar-refractivity contribution >= 4 is 15.9 Å². The van der Waals surface area contributed by atoms with Gasteiger partial charge < -0.3 is 4.74 Å². The SMILES string of the molecule is Cc1cccc(NS(=O)(=O)N2CCOCC2)c1C#N. The first kappa shape index (κ1) is 13.8. The number of anilines is 1. The Morgan fingerprint density at radius 2 is 2.05 bits per heavy atom. The Kier molecular flexibility index (Phi) is 4.04. The predicted octanol–water partition coefficient (Wildman–Crippen LogP) is 0.856. The van der Waals surface area contributed by atoms with E-state index in [9.17, 15) is 8.42 Å². The molecular weight excluding hydrogens is 266 g/mol. The minimum Gasteiger partial charge on any atom is -0.379 e. The highest BCUT2D eigenvalue weighted by atomic mass is 32.2. The van der Waals surface area contributed by atoms with Crippen molar-refractivity contribution in [2.75, 3.05) is 31.0 Å². The van der Waals surface area contributed by atoms with E-state index in [2.05, 4.69) is 4.72 Å². The van der Waals surface area contributed by atoms with Gasteiger partial charge in [-0.3, -0.25) is 4.72 Å².